The summed E-state index contributed by atoms with van der Waals surface area (Å²) in [5.41, 5.74) is -0.479. The zero-order valence-electron chi connectivity index (χ0n) is 17.0. The number of rotatable bonds is 7. The summed E-state index contributed by atoms with van der Waals surface area (Å²) in [4.78, 5) is 35.6. The Morgan fingerprint density at radius 2 is 1.76 bits per heavy atom. The molecule has 0 aliphatic carbocycles. The van der Waals surface area contributed by atoms with E-state index >= 15 is 0 Å². The van der Waals surface area contributed by atoms with Gasteiger partial charge in [0, 0.05) is 19.8 Å². The van der Waals surface area contributed by atoms with Gasteiger partial charge in [0.2, 0.25) is 0 Å². The molecule has 3 rings (SSSR count). The van der Waals surface area contributed by atoms with E-state index in [1.165, 1.54) is 34.3 Å². The van der Waals surface area contributed by atoms with E-state index in [1.807, 2.05) is 0 Å². The first-order chi connectivity index (χ1) is 13.9. The summed E-state index contributed by atoms with van der Waals surface area (Å²) in [6.07, 6.45) is 0. The third kappa shape index (κ3) is 4.11. The van der Waals surface area contributed by atoms with Gasteiger partial charge < -0.3 is 4.90 Å². The zero-order chi connectivity index (χ0) is 21.1. The maximum absolute atomic E-state index is 14.4. The van der Waals surface area contributed by atoms with Crippen LogP contribution in [0.15, 0.2) is 38.9 Å². The van der Waals surface area contributed by atoms with Crippen LogP contribution in [0.4, 0.5) is 4.39 Å². The lowest BCUT2D eigenvalue weighted by Gasteiger charge is -2.15. The monoisotopic (exact) mass is 418 g/mol. The number of nitrogens with one attached hydrogen (secondary N) is 1. The third-order valence-electron chi connectivity index (χ3n) is 5.08. The molecule has 0 aliphatic rings. The van der Waals surface area contributed by atoms with Crippen molar-refractivity contribution >= 4 is 22.8 Å². The normalized spacial score (nSPS) is 11.5. The van der Waals surface area contributed by atoms with Crippen LogP contribution < -0.4 is 16.1 Å². The summed E-state index contributed by atoms with van der Waals surface area (Å²) >= 11 is 1.44. The van der Waals surface area contributed by atoms with Crippen molar-refractivity contribution in [1.29, 1.82) is 0 Å². The van der Waals surface area contributed by atoms with E-state index in [4.69, 9.17) is 0 Å². The first-order valence-corrected chi connectivity index (χ1v) is 10.6. The number of hydrogen-bond donors (Lipinski definition) is 1. The lowest BCUT2D eigenvalue weighted by atomic mass is 10.2. The van der Waals surface area contributed by atoms with Crippen molar-refractivity contribution in [2.45, 2.75) is 18.9 Å². The molecule has 154 valence electrons. The van der Waals surface area contributed by atoms with Crippen LogP contribution >= 0.6 is 11.8 Å². The summed E-state index contributed by atoms with van der Waals surface area (Å²) in [6.45, 7) is 7.19. The standard InChI is InChI=1S/C20H24FN5O2S/c1-5-26(6-2)11-12-29-18-15-17(24(3)20(28)25(4)19(15)27)22-16(23-18)13-9-7-8-10-14(13)21/h7-10H,5-6,11-12H2,1-4H3/p+1. The molecule has 7 nitrogen and oxygen atoms in total. The molecular formula is C20H25FN5O2S+. The van der Waals surface area contributed by atoms with Gasteiger partial charge in [0.05, 0.1) is 25.2 Å². The predicted octanol–water partition coefficient (Wildman–Crippen LogP) is 0.850. The van der Waals surface area contributed by atoms with Gasteiger partial charge in [0.1, 0.15) is 16.2 Å². The highest BCUT2D eigenvalue weighted by Gasteiger charge is 2.19. The van der Waals surface area contributed by atoms with Crippen molar-refractivity contribution in [3.63, 3.8) is 0 Å². The van der Waals surface area contributed by atoms with Gasteiger partial charge in [-0.15, -0.1) is 0 Å². The molecule has 29 heavy (non-hydrogen) atoms. The SMILES string of the molecule is CC[NH+](CC)CCSc1nc(-c2ccccc2F)nc2c1c(=O)n(C)c(=O)n2C. The smallest absolute Gasteiger partial charge is 0.332 e. The molecule has 0 saturated heterocycles. The molecule has 0 fully saturated rings. The number of benzene rings is 1. The highest BCUT2D eigenvalue weighted by Crippen LogP contribution is 2.26. The molecular weight excluding hydrogens is 393 g/mol. The van der Waals surface area contributed by atoms with Gasteiger partial charge in [-0.05, 0) is 26.0 Å². The molecule has 2 aromatic heterocycles. The number of quaternary nitrogens is 1. The molecule has 1 aromatic carbocycles. The average molecular weight is 419 g/mol. The van der Waals surface area contributed by atoms with Gasteiger partial charge in [0.15, 0.2) is 11.5 Å². The minimum atomic E-state index is -0.482. The van der Waals surface area contributed by atoms with Crippen LogP contribution in [0.1, 0.15) is 13.8 Å². The molecule has 0 amide bonds. The summed E-state index contributed by atoms with van der Waals surface area (Å²) in [5, 5.41) is 0.755. The minimum absolute atomic E-state index is 0.163. The molecule has 0 saturated carbocycles. The number of aryl methyl sites for hydroxylation is 1. The Morgan fingerprint density at radius 3 is 2.41 bits per heavy atom. The van der Waals surface area contributed by atoms with Crippen LogP contribution in [0.25, 0.3) is 22.4 Å². The summed E-state index contributed by atoms with van der Waals surface area (Å²) < 4.78 is 16.7. The molecule has 1 N–H and O–H groups in total. The molecule has 0 spiro atoms. The van der Waals surface area contributed by atoms with E-state index in [0.717, 1.165) is 30.0 Å². The van der Waals surface area contributed by atoms with Crippen molar-refractivity contribution in [3.8, 4) is 11.4 Å². The highest BCUT2D eigenvalue weighted by molar-refractivity contribution is 7.99. The maximum atomic E-state index is 14.4. The van der Waals surface area contributed by atoms with Crippen molar-refractivity contribution in [2.75, 3.05) is 25.4 Å². The second-order valence-electron chi connectivity index (χ2n) is 6.79. The number of halogens is 1. The number of nitrogens with zero attached hydrogens (tertiary/aromatic N) is 4. The number of hydrogen-bond acceptors (Lipinski definition) is 5. The largest absolute Gasteiger partial charge is 0.335 e. The van der Waals surface area contributed by atoms with Crippen LogP contribution in [0.2, 0.25) is 0 Å². The Hall–Kier alpha value is -2.52. The molecule has 0 bridgehead atoms. The van der Waals surface area contributed by atoms with E-state index in [1.54, 1.807) is 25.2 Å². The molecule has 3 aromatic rings. The minimum Gasteiger partial charge on any atom is -0.335 e. The van der Waals surface area contributed by atoms with Gasteiger partial charge in [0.25, 0.3) is 5.56 Å². The number of aromatic nitrogens is 4. The van der Waals surface area contributed by atoms with Gasteiger partial charge in [-0.3, -0.25) is 13.9 Å². The van der Waals surface area contributed by atoms with Gasteiger partial charge in [-0.25, -0.2) is 19.2 Å². The molecule has 0 atom stereocenters. The molecule has 0 aliphatic heterocycles. The second-order valence-corrected chi connectivity index (χ2v) is 7.88. The van der Waals surface area contributed by atoms with Crippen molar-refractivity contribution in [1.82, 2.24) is 19.1 Å². The lowest BCUT2D eigenvalue weighted by molar-refractivity contribution is -0.893. The van der Waals surface area contributed by atoms with Crippen LogP contribution in [0.3, 0.4) is 0 Å². The van der Waals surface area contributed by atoms with E-state index in [0.29, 0.717) is 5.03 Å². The first-order valence-electron chi connectivity index (χ1n) is 9.58. The molecule has 0 unspecified atom stereocenters. The summed E-state index contributed by atoms with van der Waals surface area (Å²) in [6, 6.07) is 6.21. The van der Waals surface area contributed by atoms with E-state index in [9.17, 15) is 14.0 Å². The van der Waals surface area contributed by atoms with Gasteiger partial charge in [-0.2, -0.15) is 0 Å². The Kier molecular flexibility index (Phi) is 6.49. The average Bonchev–Trinajstić information content (AvgIpc) is 2.73. The predicted molar refractivity (Wildman–Crippen MR) is 113 cm³/mol. The highest BCUT2D eigenvalue weighted by atomic mass is 32.2. The summed E-state index contributed by atoms with van der Waals surface area (Å²) in [7, 11) is 2.99. The van der Waals surface area contributed by atoms with Crippen LogP contribution in [-0.2, 0) is 14.1 Å². The Balaban J connectivity index is 2.19. The van der Waals surface area contributed by atoms with Crippen molar-refractivity contribution in [2.24, 2.45) is 14.1 Å². The Bertz CT molecular complexity index is 1150. The zero-order valence-corrected chi connectivity index (χ0v) is 17.8. The molecule has 0 radical (unpaired) electrons. The van der Waals surface area contributed by atoms with Crippen molar-refractivity contribution in [3.05, 3.63) is 50.9 Å². The van der Waals surface area contributed by atoms with E-state index in [-0.39, 0.29) is 22.4 Å². The fraction of sp³-hybridized carbons (Fsp3) is 0.400. The fourth-order valence-electron chi connectivity index (χ4n) is 3.19. The quantitative estimate of drug-likeness (QED) is 0.455. The molecule has 9 heteroatoms. The van der Waals surface area contributed by atoms with E-state index in [2.05, 4.69) is 23.8 Å². The molecule has 2 heterocycles. The van der Waals surface area contributed by atoms with Crippen LogP contribution in [-0.4, -0.2) is 44.5 Å². The number of fused-ring (bicyclic) bond motifs is 1. The lowest BCUT2D eigenvalue weighted by Crippen LogP contribution is -3.11. The van der Waals surface area contributed by atoms with Gasteiger partial charge >= 0.3 is 5.69 Å². The van der Waals surface area contributed by atoms with Gasteiger partial charge in [-0.1, -0.05) is 23.9 Å². The Labute approximate surface area is 172 Å². The summed E-state index contributed by atoms with van der Waals surface area (Å²) in [5.74, 6) is 0.451. The maximum Gasteiger partial charge on any atom is 0.332 e. The first kappa shape index (κ1) is 21.2. The fourth-order valence-corrected chi connectivity index (χ4v) is 4.25. The topological polar surface area (TPSA) is 74.2 Å². The third-order valence-corrected chi connectivity index (χ3v) is 6.05. The van der Waals surface area contributed by atoms with Crippen molar-refractivity contribution < 1.29 is 9.29 Å². The van der Waals surface area contributed by atoms with E-state index < -0.39 is 17.1 Å². The Morgan fingerprint density at radius 1 is 1.07 bits per heavy atom. The van der Waals surface area contributed by atoms with Crippen LogP contribution in [0.5, 0.6) is 0 Å². The number of thioether (sulfide) groups is 1. The van der Waals surface area contributed by atoms with Crippen LogP contribution in [0, 0.1) is 5.82 Å². The second kappa shape index (κ2) is 8.87.